The second kappa shape index (κ2) is 3.35. The minimum absolute atomic E-state index is 0.163. The summed E-state index contributed by atoms with van der Waals surface area (Å²) in [5.41, 5.74) is 1.77. The van der Waals surface area contributed by atoms with E-state index in [-0.39, 0.29) is 5.69 Å². The lowest BCUT2D eigenvalue weighted by Crippen LogP contribution is -2.21. The smallest absolute Gasteiger partial charge is 0.256 e. The van der Waals surface area contributed by atoms with E-state index in [0.717, 1.165) is 0 Å². The molecular weight excluding hydrogens is 218 g/mol. The van der Waals surface area contributed by atoms with Crippen LogP contribution in [0.1, 0.15) is 27.8 Å². The topological polar surface area (TPSA) is 64.8 Å². The van der Waals surface area contributed by atoms with Crippen molar-refractivity contribution < 1.29 is 9.59 Å². The summed E-state index contributed by atoms with van der Waals surface area (Å²) < 4.78 is 0. The summed E-state index contributed by atoms with van der Waals surface area (Å²) in [4.78, 5) is 25.1. The first kappa shape index (κ1) is 9.89. The number of carbonyl (C=O) groups excluding carboxylic acids is 2. The van der Waals surface area contributed by atoms with Gasteiger partial charge in [-0.2, -0.15) is 9.90 Å². The minimum Gasteiger partial charge on any atom is -0.285 e. The summed E-state index contributed by atoms with van der Waals surface area (Å²) >= 11 is 0. The van der Waals surface area contributed by atoms with Gasteiger partial charge in [0.05, 0.1) is 6.54 Å². The number of carbonyl (C=O) groups is 2. The molecule has 0 unspecified atom stereocenters. The number of hydrogen-bond donors (Lipinski definition) is 0. The quantitative estimate of drug-likeness (QED) is 0.689. The SMILES string of the molecule is CCn1nc2c(n1)-c1ccccc1C(=O)C2=O. The van der Waals surface area contributed by atoms with Crippen molar-refractivity contribution in [3.63, 3.8) is 0 Å². The van der Waals surface area contributed by atoms with Crippen LogP contribution >= 0.6 is 0 Å². The first-order valence-corrected chi connectivity index (χ1v) is 5.36. The Balaban J connectivity index is 2.34. The number of hydrogen-bond acceptors (Lipinski definition) is 4. The van der Waals surface area contributed by atoms with Gasteiger partial charge in [0, 0.05) is 11.1 Å². The molecule has 3 rings (SSSR count). The van der Waals surface area contributed by atoms with E-state index >= 15 is 0 Å². The van der Waals surface area contributed by atoms with Crippen LogP contribution in [0, 0.1) is 0 Å². The average Bonchev–Trinajstić information content (AvgIpc) is 2.80. The molecule has 1 heterocycles. The Bertz CT molecular complexity index is 643. The molecule has 5 heteroatoms. The van der Waals surface area contributed by atoms with E-state index in [1.807, 2.05) is 13.0 Å². The van der Waals surface area contributed by atoms with E-state index < -0.39 is 11.6 Å². The summed E-state index contributed by atoms with van der Waals surface area (Å²) in [6.45, 7) is 2.44. The van der Waals surface area contributed by atoms with E-state index in [2.05, 4.69) is 10.2 Å². The van der Waals surface area contributed by atoms with E-state index in [4.69, 9.17) is 0 Å². The Morgan fingerprint density at radius 1 is 1.00 bits per heavy atom. The van der Waals surface area contributed by atoms with Gasteiger partial charge in [0.2, 0.25) is 5.78 Å². The van der Waals surface area contributed by atoms with Crippen LogP contribution in [-0.2, 0) is 6.54 Å². The molecule has 2 aromatic rings. The van der Waals surface area contributed by atoms with Gasteiger partial charge in [0.1, 0.15) is 5.69 Å². The van der Waals surface area contributed by atoms with Crippen LogP contribution in [0.4, 0.5) is 0 Å². The van der Waals surface area contributed by atoms with Crippen molar-refractivity contribution in [1.29, 1.82) is 0 Å². The fourth-order valence-electron chi connectivity index (χ4n) is 1.94. The molecule has 0 N–H and O–H groups in total. The number of benzene rings is 1. The highest BCUT2D eigenvalue weighted by Crippen LogP contribution is 2.30. The second-order valence-electron chi connectivity index (χ2n) is 3.79. The minimum atomic E-state index is -0.571. The van der Waals surface area contributed by atoms with Gasteiger partial charge in [-0.25, -0.2) is 0 Å². The van der Waals surface area contributed by atoms with Gasteiger partial charge in [0.25, 0.3) is 5.78 Å². The molecule has 1 aromatic heterocycles. The molecule has 1 aliphatic carbocycles. The van der Waals surface area contributed by atoms with Crippen molar-refractivity contribution in [3.05, 3.63) is 35.5 Å². The van der Waals surface area contributed by atoms with E-state index in [9.17, 15) is 9.59 Å². The van der Waals surface area contributed by atoms with Crippen LogP contribution < -0.4 is 0 Å². The molecule has 5 nitrogen and oxygen atoms in total. The maximum absolute atomic E-state index is 11.9. The summed E-state index contributed by atoms with van der Waals surface area (Å²) in [5, 5.41) is 8.26. The van der Waals surface area contributed by atoms with Gasteiger partial charge in [-0.05, 0) is 6.92 Å². The third-order valence-electron chi connectivity index (χ3n) is 2.79. The maximum Gasteiger partial charge on any atom is 0.256 e. The molecule has 0 fully saturated rings. The van der Waals surface area contributed by atoms with Crippen molar-refractivity contribution in [2.45, 2.75) is 13.5 Å². The molecule has 1 aliphatic rings. The predicted molar refractivity (Wildman–Crippen MR) is 59.8 cm³/mol. The van der Waals surface area contributed by atoms with Crippen LogP contribution in [0.3, 0.4) is 0 Å². The summed E-state index contributed by atoms with van der Waals surface area (Å²) in [5.74, 6) is -1.07. The summed E-state index contributed by atoms with van der Waals surface area (Å²) in [6, 6.07) is 6.98. The van der Waals surface area contributed by atoms with Crippen LogP contribution in [-0.4, -0.2) is 26.6 Å². The molecule has 84 valence electrons. The largest absolute Gasteiger partial charge is 0.285 e. The average molecular weight is 227 g/mol. The van der Waals surface area contributed by atoms with Crippen molar-refractivity contribution in [2.75, 3.05) is 0 Å². The molecule has 0 bridgehead atoms. The Labute approximate surface area is 97.1 Å². The van der Waals surface area contributed by atoms with E-state index in [0.29, 0.717) is 23.4 Å². The van der Waals surface area contributed by atoms with Gasteiger partial charge < -0.3 is 0 Å². The molecule has 0 spiro atoms. The molecule has 1 aromatic carbocycles. The third-order valence-corrected chi connectivity index (χ3v) is 2.79. The van der Waals surface area contributed by atoms with E-state index in [1.54, 1.807) is 18.2 Å². The third kappa shape index (κ3) is 1.25. The monoisotopic (exact) mass is 227 g/mol. The number of aromatic nitrogens is 3. The zero-order valence-corrected chi connectivity index (χ0v) is 9.17. The van der Waals surface area contributed by atoms with Crippen LogP contribution in [0.15, 0.2) is 24.3 Å². The highest BCUT2D eigenvalue weighted by molar-refractivity contribution is 6.52. The van der Waals surface area contributed by atoms with Gasteiger partial charge >= 0.3 is 0 Å². The van der Waals surface area contributed by atoms with Crippen molar-refractivity contribution in [1.82, 2.24) is 15.0 Å². The lowest BCUT2D eigenvalue weighted by atomic mass is 9.90. The normalized spacial score (nSPS) is 13.5. The van der Waals surface area contributed by atoms with Crippen molar-refractivity contribution >= 4 is 11.6 Å². The van der Waals surface area contributed by atoms with Gasteiger partial charge in [-0.15, -0.1) is 5.10 Å². The number of ketones is 2. The molecular formula is C12H9N3O2. The van der Waals surface area contributed by atoms with Gasteiger partial charge in [-0.1, -0.05) is 24.3 Å². The zero-order valence-electron chi connectivity index (χ0n) is 9.17. The highest BCUT2D eigenvalue weighted by Gasteiger charge is 2.34. The zero-order chi connectivity index (χ0) is 12.0. The fourth-order valence-corrected chi connectivity index (χ4v) is 1.94. The second-order valence-corrected chi connectivity index (χ2v) is 3.79. The predicted octanol–water partition coefficient (Wildman–Crippen LogP) is 1.34. The number of fused-ring (bicyclic) bond motifs is 3. The Morgan fingerprint density at radius 3 is 2.35 bits per heavy atom. The maximum atomic E-state index is 11.9. The van der Waals surface area contributed by atoms with Gasteiger partial charge in [-0.3, -0.25) is 9.59 Å². The van der Waals surface area contributed by atoms with Gasteiger partial charge in [0.15, 0.2) is 5.69 Å². The first-order valence-electron chi connectivity index (χ1n) is 5.36. The molecule has 0 atom stereocenters. The first-order chi connectivity index (χ1) is 8.22. The molecule has 0 saturated carbocycles. The fraction of sp³-hybridized carbons (Fsp3) is 0.167. The number of rotatable bonds is 1. The highest BCUT2D eigenvalue weighted by atomic mass is 16.2. The molecule has 0 aliphatic heterocycles. The molecule has 0 amide bonds. The number of aryl methyl sites for hydroxylation is 1. The lowest BCUT2D eigenvalue weighted by molar-refractivity contribution is 0.0812. The molecule has 0 radical (unpaired) electrons. The standard InChI is InChI=1S/C12H9N3O2/c1-2-15-13-9-7-5-3-4-6-8(7)11(16)12(17)10(9)14-15/h3-6H,2H2,1H3. The van der Waals surface area contributed by atoms with Crippen molar-refractivity contribution in [3.8, 4) is 11.3 Å². The number of nitrogens with zero attached hydrogens (tertiary/aromatic N) is 3. The van der Waals surface area contributed by atoms with Crippen LogP contribution in [0.5, 0.6) is 0 Å². The Kier molecular flexibility index (Phi) is 1.95. The lowest BCUT2D eigenvalue weighted by Gasteiger charge is -2.10. The Hall–Kier alpha value is -2.30. The number of Topliss-reactive ketones (excluding diaryl/α,β-unsaturated/α-hetero) is 2. The van der Waals surface area contributed by atoms with Crippen molar-refractivity contribution in [2.24, 2.45) is 0 Å². The Morgan fingerprint density at radius 2 is 1.65 bits per heavy atom. The van der Waals surface area contributed by atoms with Crippen LogP contribution in [0.25, 0.3) is 11.3 Å². The summed E-state index contributed by atoms with van der Waals surface area (Å²) in [7, 11) is 0. The molecule has 0 saturated heterocycles. The summed E-state index contributed by atoms with van der Waals surface area (Å²) in [6.07, 6.45) is 0. The van der Waals surface area contributed by atoms with E-state index in [1.165, 1.54) is 4.80 Å². The van der Waals surface area contributed by atoms with Crippen LogP contribution in [0.2, 0.25) is 0 Å². The molecule has 17 heavy (non-hydrogen) atoms.